The van der Waals surface area contributed by atoms with E-state index in [2.05, 4.69) is 340 Å². The number of aromatic nitrogens is 2. The zero-order chi connectivity index (χ0) is 57.7. The van der Waals surface area contributed by atoms with Crippen molar-refractivity contribution in [1.29, 1.82) is 0 Å². The van der Waals surface area contributed by atoms with E-state index < -0.39 is 0 Å². The molecule has 0 aliphatic heterocycles. The van der Waals surface area contributed by atoms with E-state index in [9.17, 15) is 0 Å². The second kappa shape index (κ2) is 20.1. The van der Waals surface area contributed by atoms with Gasteiger partial charge in [0, 0.05) is 22.2 Å². The Balaban J connectivity index is 0.962. The fourth-order valence-electron chi connectivity index (χ4n) is 14.3. The summed E-state index contributed by atoms with van der Waals surface area (Å²) < 4.78 is 5.08. The topological polar surface area (TPSA) is 9.86 Å². The highest BCUT2D eigenvalue weighted by Crippen LogP contribution is 2.52. The van der Waals surface area contributed by atoms with Gasteiger partial charge in [0.25, 0.3) is 0 Å². The summed E-state index contributed by atoms with van der Waals surface area (Å²) in [7, 11) is 0. The summed E-state index contributed by atoms with van der Waals surface area (Å²) in [6.45, 7) is 9.48. The lowest BCUT2D eigenvalue weighted by Gasteiger charge is -2.22. The van der Waals surface area contributed by atoms with Crippen molar-refractivity contribution in [2.24, 2.45) is 0 Å². The van der Waals surface area contributed by atoms with Gasteiger partial charge in [-0.05, 0) is 195 Å². The van der Waals surface area contributed by atoms with Crippen LogP contribution in [0.5, 0.6) is 0 Å². The summed E-state index contributed by atoms with van der Waals surface area (Å²) in [6, 6.07) is 113. The molecule has 86 heavy (non-hydrogen) atoms. The summed E-state index contributed by atoms with van der Waals surface area (Å²) in [5, 5.41) is 0. The van der Waals surface area contributed by atoms with Crippen LogP contribution < -0.4 is 0 Å². The molecule has 2 aliphatic rings. The van der Waals surface area contributed by atoms with Crippen molar-refractivity contribution >= 4 is 11.0 Å². The average Bonchev–Trinajstić information content (AvgIpc) is 1.65. The molecule has 2 heteroatoms. The van der Waals surface area contributed by atoms with Gasteiger partial charge < -0.3 is 9.13 Å². The van der Waals surface area contributed by atoms with Crippen LogP contribution in [0.3, 0.4) is 0 Å². The largest absolute Gasteiger partial charge is 0.308 e. The molecule has 0 amide bonds. The molecule has 0 saturated heterocycles. The lowest BCUT2D eigenvalue weighted by molar-refractivity contribution is 0.660. The molecule has 0 fully saturated rings. The van der Waals surface area contributed by atoms with Crippen LogP contribution >= 0.6 is 0 Å². The molecule has 16 rings (SSSR count). The summed E-state index contributed by atoms with van der Waals surface area (Å²) in [4.78, 5) is 0. The molecule has 0 unspecified atom stereocenters. The molecule has 2 aliphatic carbocycles. The van der Waals surface area contributed by atoms with Gasteiger partial charge in [-0.1, -0.05) is 258 Å². The van der Waals surface area contributed by atoms with Gasteiger partial charge in [0.2, 0.25) is 0 Å². The summed E-state index contributed by atoms with van der Waals surface area (Å²) in [6.07, 6.45) is 0. The van der Waals surface area contributed by atoms with Gasteiger partial charge in [-0.3, -0.25) is 0 Å². The number of benzene rings is 12. The first kappa shape index (κ1) is 51.1. The van der Waals surface area contributed by atoms with E-state index in [-0.39, 0.29) is 10.8 Å². The van der Waals surface area contributed by atoms with Crippen LogP contribution in [0.15, 0.2) is 303 Å². The molecular formula is C84H62N2. The monoisotopic (exact) mass is 1100 g/mol. The first-order valence-corrected chi connectivity index (χ1v) is 30.1. The van der Waals surface area contributed by atoms with E-state index in [1.54, 1.807) is 0 Å². The molecule has 0 radical (unpaired) electrons. The van der Waals surface area contributed by atoms with Gasteiger partial charge in [0.1, 0.15) is 0 Å². The molecule has 0 N–H and O–H groups in total. The van der Waals surface area contributed by atoms with Gasteiger partial charge in [-0.25, -0.2) is 0 Å². The zero-order valence-electron chi connectivity index (χ0n) is 48.8. The lowest BCUT2D eigenvalue weighted by atomic mass is 9.81. The predicted molar refractivity (Wildman–Crippen MR) is 361 cm³/mol. The van der Waals surface area contributed by atoms with Gasteiger partial charge >= 0.3 is 0 Å². The second-order valence-corrected chi connectivity index (χ2v) is 24.5. The van der Waals surface area contributed by atoms with Gasteiger partial charge in [-0.15, -0.1) is 0 Å². The van der Waals surface area contributed by atoms with Crippen LogP contribution in [-0.4, -0.2) is 9.13 Å². The van der Waals surface area contributed by atoms with E-state index in [0.29, 0.717) is 0 Å². The molecule has 2 aromatic heterocycles. The number of hydrogen-bond acceptors (Lipinski definition) is 0. The molecule has 2 nitrogen and oxygen atoms in total. The first-order valence-electron chi connectivity index (χ1n) is 30.1. The van der Waals surface area contributed by atoms with Crippen LogP contribution in [0.1, 0.15) is 49.9 Å². The Morgan fingerprint density at radius 2 is 0.477 bits per heavy atom. The Hall–Kier alpha value is -10.5. The van der Waals surface area contributed by atoms with Crippen molar-refractivity contribution in [2.45, 2.75) is 38.5 Å². The van der Waals surface area contributed by atoms with Crippen LogP contribution in [0.2, 0.25) is 0 Å². The van der Waals surface area contributed by atoms with Crippen LogP contribution in [0.25, 0.3) is 134 Å². The maximum absolute atomic E-state index is 2.54. The van der Waals surface area contributed by atoms with Gasteiger partial charge in [0.15, 0.2) is 0 Å². The quantitative estimate of drug-likeness (QED) is 0.129. The highest BCUT2D eigenvalue weighted by molar-refractivity contribution is 5.97. The third-order valence-corrected chi connectivity index (χ3v) is 18.7. The van der Waals surface area contributed by atoms with Gasteiger partial charge in [0.05, 0.1) is 22.4 Å². The van der Waals surface area contributed by atoms with Gasteiger partial charge in [-0.2, -0.15) is 0 Å². The predicted octanol–water partition coefficient (Wildman–Crippen LogP) is 22.4. The molecule has 14 aromatic rings. The van der Waals surface area contributed by atoms with Crippen molar-refractivity contribution in [3.05, 3.63) is 326 Å². The van der Waals surface area contributed by atoms with E-state index in [1.165, 1.54) is 89.0 Å². The molecule has 12 aromatic carbocycles. The molecule has 0 atom stereocenters. The Morgan fingerprint density at radius 3 is 0.837 bits per heavy atom. The summed E-state index contributed by atoms with van der Waals surface area (Å²) in [5.74, 6) is 0. The summed E-state index contributed by atoms with van der Waals surface area (Å²) >= 11 is 0. The third-order valence-electron chi connectivity index (χ3n) is 18.7. The van der Waals surface area contributed by atoms with Crippen molar-refractivity contribution in [1.82, 2.24) is 9.13 Å². The third kappa shape index (κ3) is 8.46. The van der Waals surface area contributed by atoms with Crippen molar-refractivity contribution in [3.63, 3.8) is 0 Å². The maximum Gasteiger partial charge on any atom is 0.0724 e. The minimum Gasteiger partial charge on any atom is -0.308 e. The smallest absolute Gasteiger partial charge is 0.0724 e. The van der Waals surface area contributed by atoms with Crippen LogP contribution in [0.4, 0.5) is 0 Å². The van der Waals surface area contributed by atoms with E-state index >= 15 is 0 Å². The fraction of sp³-hybridized carbons (Fsp3) is 0.0714. The van der Waals surface area contributed by atoms with Crippen molar-refractivity contribution in [3.8, 4) is 123 Å². The first-order chi connectivity index (χ1) is 42.1. The highest BCUT2D eigenvalue weighted by Gasteiger charge is 2.37. The normalized spacial score (nSPS) is 13.3. The van der Waals surface area contributed by atoms with Crippen molar-refractivity contribution < 1.29 is 0 Å². The molecular weight excluding hydrogens is 1040 g/mol. The molecule has 408 valence electrons. The second-order valence-electron chi connectivity index (χ2n) is 24.5. The maximum atomic E-state index is 2.54. The van der Waals surface area contributed by atoms with E-state index in [0.717, 1.165) is 67.2 Å². The van der Waals surface area contributed by atoms with E-state index in [4.69, 9.17) is 0 Å². The highest BCUT2D eigenvalue weighted by atomic mass is 15.1. The number of hydrogen-bond donors (Lipinski definition) is 0. The fourth-order valence-corrected chi connectivity index (χ4v) is 14.3. The average molecular weight is 1100 g/mol. The Bertz CT molecular complexity index is 4530. The van der Waals surface area contributed by atoms with Crippen molar-refractivity contribution in [2.75, 3.05) is 0 Å². The van der Waals surface area contributed by atoms with Crippen LogP contribution in [-0.2, 0) is 10.8 Å². The minimum atomic E-state index is -0.120. The van der Waals surface area contributed by atoms with E-state index in [1.807, 2.05) is 0 Å². The standard InChI is InChI=1S/C84H62N2/c1-83(2)75-37-19-17-35-71(75)73-41-39-61(51-77(73)83)59-31-21-33-63(43-59)79-53-81-82(85(79)69-47-65(55-23-9-5-10-24-55)45-66(48-69)56-25-11-6-12-26-56)54-80(86(81)70-49-67(57-27-13-7-14-28-57)46-68(50-70)58-29-15-8-16-30-58)64-34-22-32-60(44-64)62-40-42-74-72-36-18-20-38-76(72)84(3,4)78(74)52-62/h5-54H,1-4H3. The SMILES string of the molecule is CC1(C)c2ccccc2-c2ccc(-c3cccc(-c4cc5c(cc(-c6cccc(-c7ccc8c(c7)C(C)(C)c7ccccc7-8)c6)n5-c5cc(-c6ccccc6)cc(-c6ccccc6)c5)n4-c4cc(-c5ccccc5)cc(-c5ccccc5)c4)c3)cc21. The Kier molecular flexibility index (Phi) is 11.9. The number of nitrogens with zero attached hydrogens (tertiary/aromatic N) is 2. The number of rotatable bonds is 10. The Morgan fingerprint density at radius 1 is 0.198 bits per heavy atom. The zero-order valence-corrected chi connectivity index (χ0v) is 48.8. The molecule has 0 spiro atoms. The Labute approximate surface area is 504 Å². The number of fused-ring (bicyclic) bond motifs is 7. The minimum absolute atomic E-state index is 0.120. The van der Waals surface area contributed by atoms with Crippen LogP contribution in [0, 0.1) is 0 Å². The molecule has 0 bridgehead atoms. The molecule has 2 heterocycles. The molecule has 0 saturated carbocycles. The summed E-state index contributed by atoms with van der Waals surface area (Å²) in [5.41, 5.74) is 33.5. The lowest BCUT2D eigenvalue weighted by Crippen LogP contribution is -2.14.